The van der Waals surface area contributed by atoms with Crippen LogP contribution in [0.1, 0.15) is 16.7 Å². The number of rotatable bonds is 2. The maximum absolute atomic E-state index is 14.5. The van der Waals surface area contributed by atoms with Gasteiger partial charge < -0.3 is 10.6 Å². The summed E-state index contributed by atoms with van der Waals surface area (Å²) in [6.45, 7) is 0. The Kier molecular flexibility index (Phi) is 4.58. The number of hydrogen-bond donors (Lipinski definition) is 2. The van der Waals surface area contributed by atoms with E-state index in [1.807, 2.05) is 95.7 Å². The number of hydrogen-bond acceptors (Lipinski definition) is 3. The van der Waals surface area contributed by atoms with E-state index in [4.69, 9.17) is 16.7 Å². The molecule has 3 heterocycles. The van der Waals surface area contributed by atoms with Gasteiger partial charge >= 0.3 is 0 Å². The Balaban J connectivity index is 1.58. The third-order valence-corrected chi connectivity index (χ3v) is 8.09. The highest BCUT2D eigenvalue weighted by molar-refractivity contribution is 6.31. The Morgan fingerprint density at radius 3 is 2.31 bits per heavy atom. The van der Waals surface area contributed by atoms with Gasteiger partial charge in [0.1, 0.15) is 11.2 Å². The maximum Gasteiger partial charge on any atom is 0.244 e. The first-order valence-electron chi connectivity index (χ1n) is 12.8. The summed E-state index contributed by atoms with van der Waals surface area (Å²) >= 11 is 6.61. The van der Waals surface area contributed by atoms with E-state index in [0.29, 0.717) is 5.02 Å². The number of fused-ring (bicyclic) bond motifs is 8. The molecule has 1 atom stereocenters. The molecule has 186 valence electrons. The Hall–Kier alpha value is -4.87. The van der Waals surface area contributed by atoms with Crippen molar-refractivity contribution in [1.82, 2.24) is 9.78 Å². The van der Waals surface area contributed by atoms with E-state index < -0.39 is 5.41 Å². The zero-order chi connectivity index (χ0) is 26.1. The molecule has 39 heavy (non-hydrogen) atoms. The predicted molar refractivity (Wildman–Crippen MR) is 156 cm³/mol. The van der Waals surface area contributed by atoms with Gasteiger partial charge in [-0.05, 0) is 35.7 Å². The molecule has 0 saturated carbocycles. The lowest BCUT2D eigenvalue weighted by atomic mass is 9.67. The fourth-order valence-electron chi connectivity index (χ4n) is 6.20. The lowest BCUT2D eigenvalue weighted by Gasteiger charge is -2.36. The van der Waals surface area contributed by atoms with Crippen LogP contribution in [-0.4, -0.2) is 15.7 Å². The third kappa shape index (κ3) is 2.96. The average Bonchev–Trinajstić information content (AvgIpc) is 3.50. The number of carbonyl (C=O) groups excluding carboxylic acids is 1. The molecule has 5 nitrogen and oxygen atoms in total. The van der Waals surface area contributed by atoms with Crippen LogP contribution < -0.4 is 10.6 Å². The normalized spacial score (nSPS) is 16.9. The number of halogens is 1. The summed E-state index contributed by atoms with van der Waals surface area (Å²) in [4.78, 5) is 14.5. The quantitative estimate of drug-likeness (QED) is 0.244. The molecule has 0 aliphatic carbocycles. The second-order valence-corrected chi connectivity index (χ2v) is 10.4. The zero-order valence-electron chi connectivity index (χ0n) is 20.7. The molecule has 0 radical (unpaired) electrons. The average molecular weight is 525 g/mol. The molecule has 6 aromatic rings. The largest absolute Gasteiger partial charge is 0.339 e. The van der Waals surface area contributed by atoms with Crippen LogP contribution in [0.5, 0.6) is 0 Å². The molecular formula is C33H21ClN4O. The fraction of sp³-hybridized carbons (Fsp3) is 0.0303. The molecule has 5 aromatic carbocycles. The molecule has 1 amide bonds. The zero-order valence-corrected chi connectivity index (χ0v) is 21.4. The monoisotopic (exact) mass is 524 g/mol. The van der Waals surface area contributed by atoms with Crippen molar-refractivity contribution in [2.24, 2.45) is 0 Å². The van der Waals surface area contributed by atoms with Crippen LogP contribution in [0.3, 0.4) is 0 Å². The summed E-state index contributed by atoms with van der Waals surface area (Å²) in [5.74, 6) is 0.635. The van der Waals surface area contributed by atoms with Crippen molar-refractivity contribution < 1.29 is 4.79 Å². The lowest BCUT2D eigenvalue weighted by molar-refractivity contribution is -0.118. The van der Waals surface area contributed by atoms with Gasteiger partial charge in [0.05, 0.1) is 17.1 Å². The SMILES string of the molecule is O=C1Nc2ccc(Cl)cc2C12c1ccc3ccccc3c1Nc1c2c(-c2ccccc2)nn1-c1ccccc1. The fourth-order valence-corrected chi connectivity index (χ4v) is 6.38. The Morgan fingerprint density at radius 1 is 0.744 bits per heavy atom. The molecule has 6 heteroatoms. The van der Waals surface area contributed by atoms with Gasteiger partial charge in [0, 0.05) is 38.4 Å². The summed E-state index contributed by atoms with van der Waals surface area (Å²) < 4.78 is 1.92. The summed E-state index contributed by atoms with van der Waals surface area (Å²) in [6.07, 6.45) is 0. The van der Waals surface area contributed by atoms with Crippen LogP contribution in [0.4, 0.5) is 17.2 Å². The van der Waals surface area contributed by atoms with Crippen molar-refractivity contribution in [2.75, 3.05) is 10.6 Å². The number of benzene rings is 5. The summed E-state index contributed by atoms with van der Waals surface area (Å²) in [7, 11) is 0. The van der Waals surface area contributed by atoms with Gasteiger partial charge in [0.25, 0.3) is 0 Å². The third-order valence-electron chi connectivity index (χ3n) is 7.86. The molecule has 0 bridgehead atoms. The van der Waals surface area contributed by atoms with Crippen LogP contribution in [0.15, 0.2) is 115 Å². The van der Waals surface area contributed by atoms with Crippen molar-refractivity contribution in [3.63, 3.8) is 0 Å². The number of nitrogens with zero attached hydrogens (tertiary/aromatic N) is 2. The van der Waals surface area contributed by atoms with E-state index in [9.17, 15) is 4.79 Å². The first kappa shape index (κ1) is 22.1. The van der Waals surface area contributed by atoms with Crippen LogP contribution in [-0.2, 0) is 10.2 Å². The van der Waals surface area contributed by atoms with E-state index in [1.54, 1.807) is 0 Å². The maximum atomic E-state index is 14.5. The molecule has 2 aliphatic rings. The van der Waals surface area contributed by atoms with Crippen molar-refractivity contribution in [3.05, 3.63) is 137 Å². The minimum Gasteiger partial charge on any atom is -0.339 e. The topological polar surface area (TPSA) is 59.0 Å². The van der Waals surface area contributed by atoms with Crippen molar-refractivity contribution in [2.45, 2.75) is 5.41 Å². The number of para-hydroxylation sites is 1. The number of nitrogens with one attached hydrogen (secondary N) is 2. The smallest absolute Gasteiger partial charge is 0.244 e. The summed E-state index contributed by atoms with van der Waals surface area (Å²) in [6, 6.07) is 38.0. The van der Waals surface area contributed by atoms with Crippen LogP contribution in [0.2, 0.25) is 5.02 Å². The van der Waals surface area contributed by atoms with Crippen LogP contribution in [0.25, 0.3) is 27.7 Å². The number of aromatic nitrogens is 2. The van der Waals surface area contributed by atoms with E-state index in [1.165, 1.54) is 0 Å². The molecule has 1 unspecified atom stereocenters. The highest BCUT2D eigenvalue weighted by atomic mass is 35.5. The van der Waals surface area contributed by atoms with Gasteiger partial charge in [-0.15, -0.1) is 0 Å². The summed E-state index contributed by atoms with van der Waals surface area (Å²) in [5.41, 5.74) is 5.54. The van der Waals surface area contributed by atoms with E-state index in [0.717, 1.165) is 61.6 Å². The lowest BCUT2D eigenvalue weighted by Crippen LogP contribution is -2.40. The first-order chi connectivity index (χ1) is 19.2. The number of carbonyl (C=O) groups is 1. The van der Waals surface area contributed by atoms with Crippen LogP contribution >= 0.6 is 11.6 Å². The van der Waals surface area contributed by atoms with Gasteiger partial charge in [-0.1, -0.05) is 96.5 Å². The minimum atomic E-state index is -1.17. The second-order valence-electron chi connectivity index (χ2n) is 9.91. The molecule has 0 fully saturated rings. The van der Waals surface area contributed by atoms with E-state index >= 15 is 0 Å². The predicted octanol–water partition coefficient (Wildman–Crippen LogP) is 7.69. The molecule has 0 saturated heterocycles. The van der Waals surface area contributed by atoms with Gasteiger partial charge in [0.15, 0.2) is 0 Å². The molecule has 2 N–H and O–H groups in total. The molecular weight excluding hydrogens is 504 g/mol. The molecule has 8 rings (SSSR count). The van der Waals surface area contributed by atoms with Crippen LogP contribution in [0, 0.1) is 0 Å². The van der Waals surface area contributed by atoms with Crippen molar-refractivity contribution in [1.29, 1.82) is 0 Å². The van der Waals surface area contributed by atoms with E-state index in [2.05, 4.69) is 34.9 Å². The highest BCUT2D eigenvalue weighted by Gasteiger charge is 2.57. The second kappa shape index (κ2) is 8.06. The number of amides is 1. The van der Waals surface area contributed by atoms with Crippen molar-refractivity contribution >= 4 is 45.5 Å². The molecule has 2 aliphatic heterocycles. The van der Waals surface area contributed by atoms with E-state index in [-0.39, 0.29) is 5.91 Å². The standard InChI is InChI=1S/C33H21ClN4O/c34-22-16-18-27-26(19-22)33(32(39)35-27)25-17-15-20-9-7-8-14-24(20)30(25)36-31-28(33)29(21-10-3-1-4-11-21)37-38(31)23-12-5-2-6-13-23/h1-19,36H,(H,35,39). The Bertz CT molecular complexity index is 1950. The number of anilines is 3. The molecule has 1 spiro atoms. The molecule has 1 aromatic heterocycles. The van der Waals surface area contributed by atoms with Gasteiger partial charge in [-0.3, -0.25) is 4.79 Å². The highest BCUT2D eigenvalue weighted by Crippen LogP contribution is 2.59. The van der Waals surface area contributed by atoms with Gasteiger partial charge in [0.2, 0.25) is 5.91 Å². The van der Waals surface area contributed by atoms with Crippen molar-refractivity contribution in [3.8, 4) is 16.9 Å². The van der Waals surface area contributed by atoms with Gasteiger partial charge in [-0.2, -0.15) is 5.10 Å². The van der Waals surface area contributed by atoms with Gasteiger partial charge in [-0.25, -0.2) is 4.68 Å². The minimum absolute atomic E-state index is 0.121. The summed E-state index contributed by atoms with van der Waals surface area (Å²) in [5, 5.41) is 14.8. The Morgan fingerprint density at radius 2 is 1.49 bits per heavy atom. The Labute approximate surface area is 229 Å². The first-order valence-corrected chi connectivity index (χ1v) is 13.2.